The summed E-state index contributed by atoms with van der Waals surface area (Å²) < 4.78 is 15.3. The molecule has 0 unspecified atom stereocenters. The zero-order valence-electron chi connectivity index (χ0n) is 19.2. The Hall–Kier alpha value is -2.55. The molecule has 170 valence electrons. The molecule has 6 rings (SSSR count). The SMILES string of the molecule is CO[C@]12C[C@@H](C)CN(C)[C@@H]1Cc1c(-c3nc(-c4cncc(Br)c4)no3)n(C)c3cccc2c13. The van der Waals surface area contributed by atoms with Gasteiger partial charge in [-0.3, -0.25) is 9.88 Å². The number of aryl methyl sites for hydroxylation is 1. The maximum atomic E-state index is 6.38. The van der Waals surface area contributed by atoms with Gasteiger partial charge < -0.3 is 13.8 Å². The van der Waals surface area contributed by atoms with Crippen LogP contribution in [0.4, 0.5) is 0 Å². The first kappa shape index (κ1) is 21.0. The monoisotopic (exact) mass is 507 g/mol. The summed E-state index contributed by atoms with van der Waals surface area (Å²) in [6, 6.07) is 8.73. The Bertz CT molecular complexity index is 1380. The van der Waals surface area contributed by atoms with Gasteiger partial charge in [-0.15, -0.1) is 0 Å². The normalized spacial score (nSPS) is 24.9. The second-order valence-corrected chi connectivity index (χ2v) is 10.4. The van der Waals surface area contributed by atoms with Crippen molar-refractivity contribution in [3.05, 3.63) is 52.3 Å². The van der Waals surface area contributed by atoms with Crippen molar-refractivity contribution >= 4 is 26.8 Å². The van der Waals surface area contributed by atoms with Gasteiger partial charge in [-0.1, -0.05) is 24.2 Å². The van der Waals surface area contributed by atoms with Crippen LogP contribution in [0.3, 0.4) is 0 Å². The Labute approximate surface area is 200 Å². The highest BCUT2D eigenvalue weighted by atomic mass is 79.9. The predicted octanol–water partition coefficient (Wildman–Crippen LogP) is 4.79. The third-order valence-corrected chi connectivity index (χ3v) is 7.89. The van der Waals surface area contributed by atoms with Gasteiger partial charge in [-0.25, -0.2) is 0 Å². The minimum absolute atomic E-state index is 0.245. The number of likely N-dealkylation sites (N-methyl/N-ethyl adjacent to an activating group) is 1. The van der Waals surface area contributed by atoms with Crippen molar-refractivity contribution < 1.29 is 9.26 Å². The van der Waals surface area contributed by atoms with Gasteiger partial charge in [0.2, 0.25) is 5.82 Å². The number of ether oxygens (including phenoxy) is 1. The minimum Gasteiger partial charge on any atom is -0.372 e. The fourth-order valence-electron chi connectivity index (χ4n) is 6.20. The molecule has 2 aliphatic rings. The molecule has 0 N–H and O–H groups in total. The van der Waals surface area contributed by atoms with Crippen LogP contribution in [-0.4, -0.2) is 51.3 Å². The van der Waals surface area contributed by atoms with E-state index < -0.39 is 0 Å². The third-order valence-electron chi connectivity index (χ3n) is 7.46. The predicted molar refractivity (Wildman–Crippen MR) is 130 cm³/mol. The first-order valence-electron chi connectivity index (χ1n) is 11.2. The number of aromatic nitrogens is 4. The highest BCUT2D eigenvalue weighted by Crippen LogP contribution is 2.51. The van der Waals surface area contributed by atoms with Crippen LogP contribution in [0.15, 0.2) is 45.7 Å². The molecule has 3 atom stereocenters. The van der Waals surface area contributed by atoms with Crippen molar-refractivity contribution in [2.24, 2.45) is 13.0 Å². The fraction of sp³-hybridized carbons (Fsp3) is 0.400. The first-order chi connectivity index (χ1) is 15.9. The zero-order chi connectivity index (χ0) is 22.9. The number of rotatable bonds is 3. The Morgan fingerprint density at radius 1 is 1.24 bits per heavy atom. The van der Waals surface area contributed by atoms with E-state index in [-0.39, 0.29) is 11.6 Å². The Morgan fingerprint density at radius 3 is 2.88 bits per heavy atom. The van der Waals surface area contributed by atoms with E-state index in [4.69, 9.17) is 14.2 Å². The molecule has 1 saturated heterocycles. The number of fused-ring (bicyclic) bond motifs is 2. The van der Waals surface area contributed by atoms with E-state index in [2.05, 4.69) is 74.8 Å². The number of nitrogens with zero attached hydrogens (tertiary/aromatic N) is 5. The summed E-state index contributed by atoms with van der Waals surface area (Å²) in [7, 11) is 6.16. The molecule has 0 spiro atoms. The van der Waals surface area contributed by atoms with Crippen LogP contribution < -0.4 is 0 Å². The molecule has 0 amide bonds. The van der Waals surface area contributed by atoms with Gasteiger partial charge in [-0.2, -0.15) is 4.98 Å². The van der Waals surface area contributed by atoms with E-state index in [0.29, 0.717) is 17.6 Å². The van der Waals surface area contributed by atoms with Crippen LogP contribution >= 0.6 is 15.9 Å². The largest absolute Gasteiger partial charge is 0.372 e. The lowest BCUT2D eigenvalue weighted by Gasteiger charge is -2.52. The molecule has 1 aliphatic carbocycles. The average molecular weight is 508 g/mol. The van der Waals surface area contributed by atoms with E-state index in [9.17, 15) is 0 Å². The molecular formula is C25H26BrN5O2. The van der Waals surface area contributed by atoms with Gasteiger partial charge in [0.25, 0.3) is 5.89 Å². The molecule has 4 aromatic rings. The Morgan fingerprint density at radius 2 is 2.09 bits per heavy atom. The number of piperidine rings is 1. The molecule has 0 saturated carbocycles. The lowest BCUT2D eigenvalue weighted by molar-refractivity contribution is -0.122. The Balaban J connectivity index is 1.57. The molecule has 1 aliphatic heterocycles. The van der Waals surface area contributed by atoms with Crippen LogP contribution in [0, 0.1) is 5.92 Å². The summed E-state index contributed by atoms with van der Waals surface area (Å²) in [5, 5.41) is 5.54. The van der Waals surface area contributed by atoms with Gasteiger partial charge in [-0.05, 0) is 65.0 Å². The fourth-order valence-corrected chi connectivity index (χ4v) is 6.56. The summed E-state index contributed by atoms with van der Waals surface area (Å²) in [5.41, 5.74) is 5.16. The van der Waals surface area contributed by atoms with Crippen LogP contribution in [0.25, 0.3) is 33.9 Å². The molecule has 0 radical (unpaired) electrons. The number of pyridine rings is 1. The number of likely N-dealkylation sites (tertiary alicyclic amines) is 1. The Kier molecular flexibility index (Phi) is 4.76. The summed E-state index contributed by atoms with van der Waals surface area (Å²) >= 11 is 3.47. The van der Waals surface area contributed by atoms with Crippen molar-refractivity contribution in [3.63, 3.8) is 0 Å². The zero-order valence-corrected chi connectivity index (χ0v) is 20.8. The summed E-state index contributed by atoms with van der Waals surface area (Å²) in [6.45, 7) is 3.38. The van der Waals surface area contributed by atoms with E-state index in [0.717, 1.165) is 40.6 Å². The van der Waals surface area contributed by atoms with Crippen LogP contribution in [0.2, 0.25) is 0 Å². The number of methoxy groups -OCH3 is 1. The van der Waals surface area contributed by atoms with Gasteiger partial charge in [0.15, 0.2) is 0 Å². The summed E-state index contributed by atoms with van der Waals surface area (Å²) in [4.78, 5) is 11.5. The minimum atomic E-state index is -0.320. The topological polar surface area (TPSA) is 69.2 Å². The van der Waals surface area contributed by atoms with E-state index in [1.54, 1.807) is 12.4 Å². The number of halogens is 1. The van der Waals surface area contributed by atoms with Crippen LogP contribution in [0.1, 0.15) is 24.5 Å². The maximum absolute atomic E-state index is 6.38. The highest BCUT2D eigenvalue weighted by molar-refractivity contribution is 9.10. The van der Waals surface area contributed by atoms with Crippen molar-refractivity contribution in [2.45, 2.75) is 31.4 Å². The molecule has 1 aromatic carbocycles. The van der Waals surface area contributed by atoms with Crippen LogP contribution in [-0.2, 0) is 23.8 Å². The van der Waals surface area contributed by atoms with E-state index in [1.165, 1.54) is 16.5 Å². The van der Waals surface area contributed by atoms with Gasteiger partial charge in [0, 0.05) is 60.1 Å². The van der Waals surface area contributed by atoms with Crippen molar-refractivity contribution in [2.75, 3.05) is 20.7 Å². The third kappa shape index (κ3) is 2.97. The molecule has 7 nitrogen and oxygen atoms in total. The average Bonchev–Trinajstić information content (AvgIpc) is 3.39. The van der Waals surface area contributed by atoms with Gasteiger partial charge in [0.05, 0.1) is 0 Å². The number of hydrogen-bond acceptors (Lipinski definition) is 6. The lowest BCUT2D eigenvalue weighted by Crippen LogP contribution is -2.59. The van der Waals surface area contributed by atoms with E-state index >= 15 is 0 Å². The second-order valence-electron chi connectivity index (χ2n) is 9.46. The van der Waals surface area contributed by atoms with Gasteiger partial charge >= 0.3 is 0 Å². The number of benzene rings is 1. The first-order valence-corrected chi connectivity index (χ1v) is 12.0. The van der Waals surface area contributed by atoms with Gasteiger partial charge in [0.1, 0.15) is 11.3 Å². The maximum Gasteiger partial charge on any atom is 0.275 e. The highest BCUT2D eigenvalue weighted by Gasteiger charge is 2.51. The lowest BCUT2D eigenvalue weighted by atomic mass is 9.68. The van der Waals surface area contributed by atoms with Crippen LogP contribution in [0.5, 0.6) is 0 Å². The molecule has 3 aromatic heterocycles. The van der Waals surface area contributed by atoms with Crippen molar-refractivity contribution in [3.8, 4) is 23.0 Å². The second kappa shape index (κ2) is 7.48. The standard InChI is InChI=1S/C25H26BrN5O2/c1-14-10-25(32-4)18-6-5-7-19-21(18)17(9-20(25)30(2)13-14)22(31(19)3)24-28-23(29-33-24)15-8-16(26)12-27-11-15/h5-8,11-12,14,20H,9-10,13H2,1-4H3/t14-,20-,25+/m1/s1. The van der Waals surface area contributed by atoms with Crippen molar-refractivity contribution in [1.29, 1.82) is 0 Å². The van der Waals surface area contributed by atoms with Crippen molar-refractivity contribution in [1.82, 2.24) is 24.6 Å². The molecule has 8 heteroatoms. The molecule has 4 heterocycles. The molecule has 1 fully saturated rings. The molecule has 0 bridgehead atoms. The quantitative estimate of drug-likeness (QED) is 0.397. The molecule has 33 heavy (non-hydrogen) atoms. The summed E-state index contributed by atoms with van der Waals surface area (Å²) in [5.74, 6) is 1.62. The van der Waals surface area contributed by atoms with E-state index in [1.807, 2.05) is 13.2 Å². The smallest absolute Gasteiger partial charge is 0.275 e. The summed E-state index contributed by atoms with van der Waals surface area (Å²) in [6.07, 6.45) is 5.37. The number of hydrogen-bond donors (Lipinski definition) is 0. The molecular weight excluding hydrogens is 482 g/mol.